The van der Waals surface area contributed by atoms with E-state index in [0.717, 1.165) is 5.56 Å². The molecule has 20 heavy (non-hydrogen) atoms. The van der Waals surface area contributed by atoms with Crippen molar-refractivity contribution in [1.29, 1.82) is 0 Å². The van der Waals surface area contributed by atoms with Crippen LogP contribution in [0.2, 0.25) is 0 Å². The van der Waals surface area contributed by atoms with Crippen molar-refractivity contribution in [2.75, 3.05) is 20.7 Å². The first-order valence-electron chi connectivity index (χ1n) is 6.71. The van der Waals surface area contributed by atoms with Gasteiger partial charge in [0.15, 0.2) is 11.5 Å². The smallest absolute Gasteiger partial charge is 0.227 e. The van der Waals surface area contributed by atoms with Crippen LogP contribution in [-0.4, -0.2) is 36.6 Å². The second kappa shape index (κ2) is 7.14. The van der Waals surface area contributed by atoms with E-state index in [1.807, 2.05) is 13.8 Å². The summed E-state index contributed by atoms with van der Waals surface area (Å²) in [5, 5.41) is 9.56. The fourth-order valence-corrected chi connectivity index (χ4v) is 2.11. The van der Waals surface area contributed by atoms with Crippen LogP contribution >= 0.6 is 0 Å². The molecule has 1 atom stereocenters. The lowest BCUT2D eigenvalue weighted by atomic mass is 9.94. The summed E-state index contributed by atoms with van der Waals surface area (Å²) in [5.74, 6) is 0.577. The molecule has 5 heteroatoms. The molecular formula is C15H24N2O3. The number of phenols is 1. The molecule has 1 unspecified atom stereocenters. The average Bonchev–Trinajstić information content (AvgIpc) is 2.41. The van der Waals surface area contributed by atoms with E-state index < -0.39 is 0 Å². The fraction of sp³-hybridized carbons (Fsp3) is 0.533. The Labute approximate surface area is 120 Å². The van der Waals surface area contributed by atoms with E-state index >= 15 is 0 Å². The Morgan fingerprint density at radius 1 is 1.45 bits per heavy atom. The predicted octanol–water partition coefficient (Wildman–Crippen LogP) is 1.59. The second-order valence-electron chi connectivity index (χ2n) is 5.29. The third kappa shape index (κ3) is 3.87. The number of benzene rings is 1. The lowest BCUT2D eigenvalue weighted by Gasteiger charge is -2.25. The molecule has 1 aromatic rings. The summed E-state index contributed by atoms with van der Waals surface area (Å²) in [6, 6.07) is 5.07. The van der Waals surface area contributed by atoms with Gasteiger partial charge in [0.2, 0.25) is 5.91 Å². The monoisotopic (exact) mass is 280 g/mol. The summed E-state index contributed by atoms with van der Waals surface area (Å²) >= 11 is 0. The zero-order valence-electron chi connectivity index (χ0n) is 12.6. The first-order chi connectivity index (χ1) is 9.40. The maximum absolute atomic E-state index is 12.3. The zero-order valence-corrected chi connectivity index (χ0v) is 12.6. The molecule has 1 rings (SSSR count). The summed E-state index contributed by atoms with van der Waals surface area (Å²) in [6.45, 7) is 4.79. The van der Waals surface area contributed by atoms with Crippen molar-refractivity contribution in [3.63, 3.8) is 0 Å². The van der Waals surface area contributed by atoms with Gasteiger partial charge in [-0.3, -0.25) is 4.79 Å². The van der Waals surface area contributed by atoms with Crippen molar-refractivity contribution in [1.82, 2.24) is 4.90 Å². The molecule has 5 nitrogen and oxygen atoms in total. The van der Waals surface area contributed by atoms with Gasteiger partial charge in [-0.1, -0.05) is 19.9 Å². The number of nitrogens with two attached hydrogens (primary N) is 1. The van der Waals surface area contributed by atoms with E-state index in [4.69, 9.17) is 10.5 Å². The van der Waals surface area contributed by atoms with Gasteiger partial charge in [0.1, 0.15) is 0 Å². The normalized spacial score (nSPS) is 12.3. The Kier molecular flexibility index (Phi) is 5.82. The van der Waals surface area contributed by atoms with Gasteiger partial charge in [0, 0.05) is 20.1 Å². The highest BCUT2D eigenvalue weighted by atomic mass is 16.5. The lowest BCUT2D eigenvalue weighted by Crippen LogP contribution is -2.38. The molecule has 112 valence electrons. The number of ether oxygens (including phenoxy) is 1. The van der Waals surface area contributed by atoms with Crippen molar-refractivity contribution >= 4 is 5.91 Å². The van der Waals surface area contributed by atoms with Gasteiger partial charge in [0.25, 0.3) is 0 Å². The van der Waals surface area contributed by atoms with E-state index in [-0.39, 0.29) is 23.5 Å². The number of hydrogen-bond donors (Lipinski definition) is 2. The van der Waals surface area contributed by atoms with Crippen LogP contribution in [0.15, 0.2) is 18.2 Å². The van der Waals surface area contributed by atoms with Crippen LogP contribution in [0.4, 0.5) is 0 Å². The van der Waals surface area contributed by atoms with Crippen LogP contribution in [0.1, 0.15) is 19.4 Å². The minimum atomic E-state index is -0.168. The number of carbonyl (C=O) groups is 1. The van der Waals surface area contributed by atoms with E-state index in [1.54, 1.807) is 30.1 Å². The van der Waals surface area contributed by atoms with Crippen LogP contribution < -0.4 is 10.5 Å². The Morgan fingerprint density at radius 2 is 2.10 bits per heavy atom. The van der Waals surface area contributed by atoms with Crippen LogP contribution in [0.5, 0.6) is 11.5 Å². The van der Waals surface area contributed by atoms with Crippen LogP contribution in [0.25, 0.3) is 0 Å². The van der Waals surface area contributed by atoms with Crippen LogP contribution in [0.3, 0.4) is 0 Å². The lowest BCUT2D eigenvalue weighted by molar-refractivity contribution is -0.135. The molecule has 0 fully saturated rings. The number of phenolic OH excluding ortho intramolecular Hbond substituents is 1. The largest absolute Gasteiger partial charge is 0.504 e. The Morgan fingerprint density at radius 3 is 2.60 bits per heavy atom. The van der Waals surface area contributed by atoms with Crippen LogP contribution in [-0.2, 0) is 11.3 Å². The second-order valence-corrected chi connectivity index (χ2v) is 5.29. The molecule has 0 aliphatic heterocycles. The van der Waals surface area contributed by atoms with E-state index in [1.165, 1.54) is 7.11 Å². The van der Waals surface area contributed by atoms with E-state index in [9.17, 15) is 9.90 Å². The van der Waals surface area contributed by atoms with Crippen LogP contribution in [0, 0.1) is 11.8 Å². The van der Waals surface area contributed by atoms with Gasteiger partial charge in [-0.05, 0) is 23.6 Å². The third-order valence-electron chi connectivity index (χ3n) is 3.42. The molecule has 0 bridgehead atoms. The molecule has 0 aliphatic carbocycles. The Balaban J connectivity index is 2.79. The van der Waals surface area contributed by atoms with Gasteiger partial charge in [0.05, 0.1) is 13.0 Å². The number of aromatic hydroxyl groups is 1. The van der Waals surface area contributed by atoms with Gasteiger partial charge in [-0.2, -0.15) is 0 Å². The highest BCUT2D eigenvalue weighted by Crippen LogP contribution is 2.27. The molecular weight excluding hydrogens is 256 g/mol. The molecule has 0 heterocycles. The van der Waals surface area contributed by atoms with E-state index in [2.05, 4.69) is 0 Å². The van der Waals surface area contributed by atoms with Crippen molar-refractivity contribution in [3.05, 3.63) is 23.8 Å². The molecule has 0 aliphatic rings. The highest BCUT2D eigenvalue weighted by Gasteiger charge is 2.23. The van der Waals surface area contributed by atoms with Crippen molar-refractivity contribution in [3.8, 4) is 11.5 Å². The molecule has 0 radical (unpaired) electrons. The first kappa shape index (κ1) is 16.3. The minimum Gasteiger partial charge on any atom is -0.504 e. The van der Waals surface area contributed by atoms with E-state index in [0.29, 0.717) is 18.8 Å². The number of nitrogens with zero attached hydrogens (tertiary/aromatic N) is 1. The Bertz CT molecular complexity index is 460. The van der Waals surface area contributed by atoms with Gasteiger partial charge in [-0.25, -0.2) is 0 Å². The SMILES string of the molecule is COc1cc(CN(C)C(=O)C(CN)C(C)C)ccc1O. The summed E-state index contributed by atoms with van der Waals surface area (Å²) in [5.41, 5.74) is 6.57. The van der Waals surface area contributed by atoms with Gasteiger partial charge in [-0.15, -0.1) is 0 Å². The predicted molar refractivity (Wildman–Crippen MR) is 78.5 cm³/mol. The first-order valence-corrected chi connectivity index (χ1v) is 6.71. The molecule has 0 spiro atoms. The maximum Gasteiger partial charge on any atom is 0.227 e. The molecule has 1 aromatic carbocycles. The Hall–Kier alpha value is -1.75. The standard InChI is InChI=1S/C15H24N2O3/c1-10(2)12(8-16)15(19)17(3)9-11-5-6-13(18)14(7-11)20-4/h5-7,10,12,18H,8-9,16H2,1-4H3. The van der Waals surface area contributed by atoms with Gasteiger partial charge >= 0.3 is 0 Å². The molecule has 0 saturated carbocycles. The summed E-state index contributed by atoms with van der Waals surface area (Å²) in [7, 11) is 3.25. The zero-order chi connectivity index (χ0) is 15.3. The van der Waals surface area contributed by atoms with Gasteiger partial charge < -0.3 is 20.5 Å². The fourth-order valence-electron chi connectivity index (χ4n) is 2.11. The maximum atomic E-state index is 12.3. The molecule has 3 N–H and O–H groups in total. The topological polar surface area (TPSA) is 75.8 Å². The van der Waals surface area contributed by atoms with Crippen molar-refractivity contribution in [2.45, 2.75) is 20.4 Å². The molecule has 0 saturated heterocycles. The highest BCUT2D eigenvalue weighted by molar-refractivity contribution is 5.79. The quantitative estimate of drug-likeness (QED) is 0.829. The number of rotatable bonds is 6. The number of amides is 1. The number of methoxy groups -OCH3 is 1. The van der Waals surface area contributed by atoms with Crippen molar-refractivity contribution < 1.29 is 14.6 Å². The molecule has 1 amide bonds. The summed E-state index contributed by atoms with van der Waals surface area (Å²) < 4.78 is 5.06. The summed E-state index contributed by atoms with van der Waals surface area (Å²) in [6.07, 6.45) is 0. The number of hydrogen-bond acceptors (Lipinski definition) is 4. The average molecular weight is 280 g/mol. The van der Waals surface area contributed by atoms with Crippen molar-refractivity contribution in [2.24, 2.45) is 17.6 Å². The third-order valence-corrected chi connectivity index (χ3v) is 3.42. The number of carbonyl (C=O) groups excluding carboxylic acids is 1. The summed E-state index contributed by atoms with van der Waals surface area (Å²) in [4.78, 5) is 14.0. The molecule has 0 aromatic heterocycles. The minimum absolute atomic E-state index is 0.0366.